The van der Waals surface area contributed by atoms with E-state index in [-0.39, 0.29) is 11.9 Å². The van der Waals surface area contributed by atoms with Gasteiger partial charge in [-0.2, -0.15) is 0 Å². The summed E-state index contributed by atoms with van der Waals surface area (Å²) in [5.41, 5.74) is 3.38. The van der Waals surface area contributed by atoms with E-state index in [1.165, 1.54) is 0 Å². The number of amides is 1. The third-order valence-electron chi connectivity index (χ3n) is 5.22. The lowest BCUT2D eigenvalue weighted by Gasteiger charge is -2.25. The Kier molecular flexibility index (Phi) is 4.48. The monoisotopic (exact) mass is 365 g/mol. The minimum atomic E-state index is -0.0321. The zero-order valence-corrected chi connectivity index (χ0v) is 15.8. The lowest BCUT2D eigenvalue weighted by atomic mass is 10.0. The maximum atomic E-state index is 13.2. The summed E-state index contributed by atoms with van der Waals surface area (Å²) >= 11 is 0. The first-order valence-corrected chi connectivity index (χ1v) is 9.10. The average Bonchev–Trinajstić information content (AvgIpc) is 3.34. The summed E-state index contributed by atoms with van der Waals surface area (Å²) in [5, 5.41) is 0. The number of nitrogens with zero attached hydrogens (tertiary/aromatic N) is 3. The van der Waals surface area contributed by atoms with Gasteiger partial charge in [-0.1, -0.05) is 12.1 Å². The van der Waals surface area contributed by atoms with Gasteiger partial charge in [-0.25, -0.2) is 4.98 Å². The molecule has 1 unspecified atom stereocenters. The van der Waals surface area contributed by atoms with Crippen LogP contribution in [0.3, 0.4) is 0 Å². The van der Waals surface area contributed by atoms with Crippen LogP contribution >= 0.6 is 0 Å². The lowest BCUT2D eigenvalue weighted by Crippen LogP contribution is -2.30. The molecule has 1 aliphatic rings. The predicted molar refractivity (Wildman–Crippen MR) is 102 cm³/mol. The Hall–Kier alpha value is -3.02. The van der Waals surface area contributed by atoms with Gasteiger partial charge in [0.1, 0.15) is 11.3 Å². The average molecular weight is 365 g/mol. The molecule has 1 atom stereocenters. The third-order valence-corrected chi connectivity index (χ3v) is 5.22. The van der Waals surface area contributed by atoms with Crippen molar-refractivity contribution in [1.29, 1.82) is 0 Å². The number of hydrogen-bond acceptors (Lipinski definition) is 4. The Bertz CT molecular complexity index is 996. The van der Waals surface area contributed by atoms with E-state index < -0.39 is 0 Å². The van der Waals surface area contributed by atoms with Crippen LogP contribution in [0.1, 0.15) is 40.6 Å². The molecule has 6 heteroatoms. The Balaban J connectivity index is 1.66. The van der Waals surface area contributed by atoms with Crippen molar-refractivity contribution < 1.29 is 14.3 Å². The summed E-state index contributed by atoms with van der Waals surface area (Å²) in [5.74, 6) is 1.33. The van der Waals surface area contributed by atoms with Crippen LogP contribution in [0.2, 0.25) is 0 Å². The fourth-order valence-corrected chi connectivity index (χ4v) is 3.81. The number of ether oxygens (including phenoxy) is 2. The molecule has 4 rings (SSSR count). The number of hydrogen-bond donors (Lipinski definition) is 0. The third kappa shape index (κ3) is 3.01. The predicted octanol–water partition coefficient (Wildman–Crippen LogP) is 3.64. The zero-order valence-electron chi connectivity index (χ0n) is 15.8. The highest BCUT2D eigenvalue weighted by atomic mass is 16.5. The summed E-state index contributed by atoms with van der Waals surface area (Å²) in [6, 6.07) is 11.7. The smallest absolute Gasteiger partial charge is 0.274 e. The number of methoxy groups -OCH3 is 2. The van der Waals surface area contributed by atoms with Gasteiger partial charge in [-0.3, -0.25) is 4.79 Å². The van der Waals surface area contributed by atoms with Crippen molar-refractivity contribution in [3.05, 3.63) is 59.5 Å². The second kappa shape index (κ2) is 6.95. The highest BCUT2D eigenvalue weighted by Crippen LogP contribution is 2.37. The van der Waals surface area contributed by atoms with Crippen molar-refractivity contribution in [2.24, 2.45) is 0 Å². The van der Waals surface area contributed by atoms with E-state index >= 15 is 0 Å². The van der Waals surface area contributed by atoms with Gasteiger partial charge >= 0.3 is 0 Å². The maximum Gasteiger partial charge on any atom is 0.274 e. The zero-order chi connectivity index (χ0) is 19.0. The number of fused-ring (bicyclic) bond motifs is 1. The number of carbonyl (C=O) groups excluding carboxylic acids is 1. The molecule has 0 bridgehead atoms. The first kappa shape index (κ1) is 17.4. The molecular weight excluding hydrogens is 342 g/mol. The van der Waals surface area contributed by atoms with Crippen molar-refractivity contribution >= 4 is 11.6 Å². The number of aromatic nitrogens is 2. The lowest BCUT2D eigenvalue weighted by molar-refractivity contribution is 0.0730. The Morgan fingerprint density at radius 2 is 1.96 bits per heavy atom. The summed E-state index contributed by atoms with van der Waals surface area (Å²) in [4.78, 5) is 19.6. The molecule has 0 radical (unpaired) electrons. The van der Waals surface area contributed by atoms with Gasteiger partial charge in [0, 0.05) is 18.4 Å². The van der Waals surface area contributed by atoms with Crippen molar-refractivity contribution in [3.63, 3.8) is 0 Å². The molecule has 1 saturated heterocycles. The number of carbonyl (C=O) groups is 1. The molecule has 2 aromatic heterocycles. The minimum absolute atomic E-state index is 0.0169. The van der Waals surface area contributed by atoms with Crippen LogP contribution in [0, 0.1) is 6.92 Å². The molecule has 6 nitrogen and oxygen atoms in total. The topological polar surface area (TPSA) is 56.1 Å². The molecule has 1 aliphatic heterocycles. The molecule has 1 fully saturated rings. The second-order valence-corrected chi connectivity index (χ2v) is 6.79. The van der Waals surface area contributed by atoms with Crippen LogP contribution in [-0.4, -0.2) is 41.0 Å². The van der Waals surface area contributed by atoms with E-state index in [1.54, 1.807) is 14.2 Å². The summed E-state index contributed by atoms with van der Waals surface area (Å²) < 4.78 is 12.7. The number of likely N-dealkylation sites (tertiary alicyclic amines) is 1. The first-order chi connectivity index (χ1) is 13.1. The number of benzene rings is 1. The van der Waals surface area contributed by atoms with Crippen LogP contribution in [-0.2, 0) is 0 Å². The van der Waals surface area contributed by atoms with E-state index in [2.05, 4.69) is 4.98 Å². The molecule has 27 heavy (non-hydrogen) atoms. The summed E-state index contributed by atoms with van der Waals surface area (Å²) in [7, 11) is 3.24. The Morgan fingerprint density at radius 3 is 2.70 bits per heavy atom. The van der Waals surface area contributed by atoms with Gasteiger partial charge < -0.3 is 18.8 Å². The summed E-state index contributed by atoms with van der Waals surface area (Å²) in [6.45, 7) is 2.73. The number of imidazole rings is 1. The van der Waals surface area contributed by atoms with Crippen molar-refractivity contribution in [2.75, 3.05) is 20.8 Å². The van der Waals surface area contributed by atoms with Crippen LogP contribution in [0.15, 0.2) is 42.6 Å². The molecule has 3 heterocycles. The maximum absolute atomic E-state index is 13.2. The molecule has 0 N–H and O–H groups in total. The Labute approximate surface area is 158 Å². The van der Waals surface area contributed by atoms with Gasteiger partial charge in [0.2, 0.25) is 0 Å². The molecule has 0 spiro atoms. The highest BCUT2D eigenvalue weighted by molar-refractivity contribution is 5.93. The van der Waals surface area contributed by atoms with E-state index in [0.717, 1.165) is 36.3 Å². The molecular formula is C21H23N3O3. The van der Waals surface area contributed by atoms with Crippen LogP contribution in [0.5, 0.6) is 11.5 Å². The van der Waals surface area contributed by atoms with Gasteiger partial charge in [0.25, 0.3) is 5.91 Å². The second-order valence-electron chi connectivity index (χ2n) is 6.79. The first-order valence-electron chi connectivity index (χ1n) is 9.10. The quantitative estimate of drug-likeness (QED) is 0.708. The van der Waals surface area contributed by atoms with Gasteiger partial charge in [0.05, 0.1) is 20.3 Å². The van der Waals surface area contributed by atoms with Gasteiger partial charge in [-0.15, -0.1) is 0 Å². The summed E-state index contributed by atoms with van der Waals surface area (Å²) in [6.07, 6.45) is 3.72. The molecule has 140 valence electrons. The van der Waals surface area contributed by atoms with E-state index in [1.807, 2.05) is 58.8 Å². The van der Waals surface area contributed by atoms with Crippen LogP contribution < -0.4 is 9.47 Å². The van der Waals surface area contributed by atoms with Crippen molar-refractivity contribution in [1.82, 2.24) is 14.3 Å². The Morgan fingerprint density at radius 1 is 1.15 bits per heavy atom. The number of rotatable bonds is 4. The van der Waals surface area contributed by atoms with Crippen LogP contribution in [0.4, 0.5) is 0 Å². The fourth-order valence-electron chi connectivity index (χ4n) is 3.81. The standard InChI is InChI=1S/C21H23N3O3/c1-14-6-4-8-20-22-16(13-24(14)20)21(25)23-11-5-7-17(23)15-9-10-18(26-2)19(12-15)27-3/h4,6,8-10,12-13,17H,5,7,11H2,1-3H3. The number of pyridine rings is 1. The highest BCUT2D eigenvalue weighted by Gasteiger charge is 2.32. The van der Waals surface area contributed by atoms with Crippen molar-refractivity contribution in [2.45, 2.75) is 25.8 Å². The number of aryl methyl sites for hydroxylation is 1. The van der Waals surface area contributed by atoms with Gasteiger partial charge in [0.15, 0.2) is 11.5 Å². The van der Waals surface area contributed by atoms with Crippen LogP contribution in [0.25, 0.3) is 5.65 Å². The van der Waals surface area contributed by atoms with Gasteiger partial charge in [-0.05, 0) is 49.6 Å². The fraction of sp³-hybridized carbons (Fsp3) is 0.333. The molecule has 3 aromatic rings. The normalized spacial score (nSPS) is 16.7. The molecule has 1 amide bonds. The largest absolute Gasteiger partial charge is 0.493 e. The SMILES string of the molecule is COc1ccc(C2CCCN2C(=O)c2cn3c(C)cccc3n2)cc1OC. The van der Waals surface area contributed by atoms with Crippen molar-refractivity contribution in [3.8, 4) is 11.5 Å². The van der Waals surface area contributed by atoms with E-state index in [0.29, 0.717) is 17.2 Å². The van der Waals surface area contributed by atoms with E-state index in [9.17, 15) is 4.79 Å². The molecule has 1 aromatic carbocycles. The minimum Gasteiger partial charge on any atom is -0.493 e. The van der Waals surface area contributed by atoms with E-state index in [4.69, 9.17) is 9.47 Å². The molecule has 0 saturated carbocycles. The molecule has 0 aliphatic carbocycles.